The number of benzene rings is 1. The van der Waals surface area contributed by atoms with Crippen molar-refractivity contribution in [3.8, 4) is 0 Å². The largest absolute Gasteiger partial charge is 0.383 e. The normalized spacial score (nSPS) is 11.6. The second-order valence-corrected chi connectivity index (χ2v) is 6.45. The van der Waals surface area contributed by atoms with Crippen LogP contribution in [0.5, 0.6) is 0 Å². The molecule has 0 aliphatic heterocycles. The van der Waals surface area contributed by atoms with Gasteiger partial charge >= 0.3 is 0 Å². The lowest BCUT2D eigenvalue weighted by molar-refractivity contribution is 0.600. The molecule has 0 amide bonds. The Morgan fingerprint density at radius 1 is 1.28 bits per heavy atom. The van der Waals surface area contributed by atoms with E-state index in [0.29, 0.717) is 13.0 Å². The molecule has 1 N–H and O–H groups in total. The zero-order chi connectivity index (χ0) is 13.0. The molecule has 0 aliphatic rings. The molecule has 0 atom stereocenters. The molecule has 1 heterocycles. The van der Waals surface area contributed by atoms with Crippen molar-refractivity contribution in [2.75, 3.05) is 23.9 Å². The number of hydrogen-bond donors (Lipinski definition) is 1. The van der Waals surface area contributed by atoms with Crippen LogP contribution in [0.2, 0.25) is 0 Å². The Balaban J connectivity index is 2.04. The van der Waals surface area contributed by atoms with Crippen LogP contribution in [-0.2, 0) is 9.84 Å². The predicted molar refractivity (Wildman–Crippen MR) is 72.4 cm³/mol. The van der Waals surface area contributed by atoms with Crippen LogP contribution < -0.4 is 5.32 Å². The summed E-state index contributed by atoms with van der Waals surface area (Å²) in [5.41, 5.74) is 1.71. The summed E-state index contributed by atoms with van der Waals surface area (Å²) in [5, 5.41) is 12.1. The van der Waals surface area contributed by atoms with E-state index in [1.165, 1.54) is 6.26 Å². The van der Waals surface area contributed by atoms with Crippen molar-refractivity contribution in [1.29, 1.82) is 0 Å². The Bertz CT molecular complexity index is 635. The SMILES string of the molecule is CS(=O)(=O)CCCNc1cnnc2ccccc12. The van der Waals surface area contributed by atoms with E-state index < -0.39 is 9.84 Å². The fourth-order valence-electron chi connectivity index (χ4n) is 1.71. The average Bonchev–Trinajstić information content (AvgIpc) is 2.33. The summed E-state index contributed by atoms with van der Waals surface area (Å²) < 4.78 is 22.0. The van der Waals surface area contributed by atoms with Gasteiger partial charge in [0.25, 0.3) is 0 Å². The van der Waals surface area contributed by atoms with Crippen molar-refractivity contribution in [1.82, 2.24) is 10.2 Å². The van der Waals surface area contributed by atoms with Gasteiger partial charge in [-0.1, -0.05) is 18.2 Å². The van der Waals surface area contributed by atoms with Crippen LogP contribution in [0.4, 0.5) is 5.69 Å². The second kappa shape index (κ2) is 5.30. The zero-order valence-electron chi connectivity index (χ0n) is 10.1. The summed E-state index contributed by atoms with van der Waals surface area (Å²) in [6.45, 7) is 0.600. The van der Waals surface area contributed by atoms with Gasteiger partial charge in [-0.15, -0.1) is 0 Å². The molecule has 5 nitrogen and oxygen atoms in total. The average molecular weight is 265 g/mol. The third-order valence-electron chi connectivity index (χ3n) is 2.55. The minimum Gasteiger partial charge on any atom is -0.383 e. The van der Waals surface area contributed by atoms with Crippen LogP contribution in [0.1, 0.15) is 6.42 Å². The standard InChI is InChI=1S/C12H15N3O2S/c1-18(16,17)8-4-7-13-12-9-14-15-11-6-3-2-5-10(11)12/h2-3,5-6,9H,4,7-8H2,1H3,(H,13,15). The van der Waals surface area contributed by atoms with E-state index in [1.54, 1.807) is 6.20 Å². The summed E-state index contributed by atoms with van der Waals surface area (Å²) in [6, 6.07) is 7.70. The number of fused-ring (bicyclic) bond motifs is 1. The van der Waals surface area contributed by atoms with Crippen molar-refractivity contribution in [3.63, 3.8) is 0 Å². The van der Waals surface area contributed by atoms with E-state index in [0.717, 1.165) is 16.6 Å². The topological polar surface area (TPSA) is 72.0 Å². The highest BCUT2D eigenvalue weighted by atomic mass is 32.2. The van der Waals surface area contributed by atoms with Crippen LogP contribution in [0, 0.1) is 0 Å². The first kappa shape index (κ1) is 12.8. The van der Waals surface area contributed by atoms with E-state index in [1.807, 2.05) is 24.3 Å². The smallest absolute Gasteiger partial charge is 0.147 e. The van der Waals surface area contributed by atoms with Gasteiger partial charge in [-0.3, -0.25) is 0 Å². The Kier molecular flexibility index (Phi) is 3.76. The summed E-state index contributed by atoms with van der Waals surface area (Å²) in [5.74, 6) is 0.191. The molecular weight excluding hydrogens is 250 g/mol. The first-order valence-electron chi connectivity index (χ1n) is 5.68. The highest BCUT2D eigenvalue weighted by Gasteiger charge is 2.03. The van der Waals surface area contributed by atoms with Gasteiger partial charge in [-0.25, -0.2) is 8.42 Å². The van der Waals surface area contributed by atoms with Crippen molar-refractivity contribution in [2.45, 2.75) is 6.42 Å². The summed E-state index contributed by atoms with van der Waals surface area (Å²) >= 11 is 0. The maximum absolute atomic E-state index is 11.0. The lowest BCUT2D eigenvalue weighted by Crippen LogP contribution is -2.10. The molecule has 2 rings (SSSR count). The first-order valence-corrected chi connectivity index (χ1v) is 7.74. The van der Waals surface area contributed by atoms with Gasteiger partial charge in [-0.05, 0) is 12.5 Å². The van der Waals surface area contributed by atoms with Crippen LogP contribution >= 0.6 is 0 Å². The van der Waals surface area contributed by atoms with Crippen molar-refractivity contribution >= 4 is 26.4 Å². The van der Waals surface area contributed by atoms with Gasteiger partial charge in [-0.2, -0.15) is 10.2 Å². The van der Waals surface area contributed by atoms with Gasteiger partial charge in [0.05, 0.1) is 23.2 Å². The van der Waals surface area contributed by atoms with Crippen LogP contribution in [0.15, 0.2) is 30.5 Å². The Labute approximate surface area is 106 Å². The monoisotopic (exact) mass is 265 g/mol. The molecule has 0 radical (unpaired) electrons. The Morgan fingerprint density at radius 3 is 2.83 bits per heavy atom. The number of nitrogens with one attached hydrogen (secondary N) is 1. The fraction of sp³-hybridized carbons (Fsp3) is 0.333. The molecule has 0 saturated carbocycles. The minimum atomic E-state index is -2.89. The van der Waals surface area contributed by atoms with E-state index in [4.69, 9.17) is 0 Å². The zero-order valence-corrected chi connectivity index (χ0v) is 10.9. The molecule has 6 heteroatoms. The number of nitrogens with zero attached hydrogens (tertiary/aromatic N) is 2. The molecule has 0 bridgehead atoms. The maximum Gasteiger partial charge on any atom is 0.147 e. The molecule has 96 valence electrons. The second-order valence-electron chi connectivity index (χ2n) is 4.19. The molecule has 18 heavy (non-hydrogen) atoms. The van der Waals surface area contributed by atoms with Crippen molar-refractivity contribution in [3.05, 3.63) is 30.5 Å². The Morgan fingerprint density at radius 2 is 2.06 bits per heavy atom. The van der Waals surface area contributed by atoms with E-state index in [2.05, 4.69) is 15.5 Å². The molecule has 2 aromatic rings. The highest BCUT2D eigenvalue weighted by molar-refractivity contribution is 7.90. The number of anilines is 1. The number of rotatable bonds is 5. The first-order chi connectivity index (χ1) is 8.56. The predicted octanol–water partition coefficient (Wildman–Crippen LogP) is 1.48. The minimum absolute atomic E-state index is 0.191. The third-order valence-corrected chi connectivity index (χ3v) is 3.58. The quantitative estimate of drug-likeness (QED) is 0.829. The summed E-state index contributed by atoms with van der Waals surface area (Å²) in [7, 11) is -2.89. The molecular formula is C12H15N3O2S. The van der Waals surface area contributed by atoms with E-state index in [-0.39, 0.29) is 5.75 Å². The lowest BCUT2D eigenvalue weighted by Gasteiger charge is -2.07. The number of aromatic nitrogens is 2. The third kappa shape index (κ3) is 3.40. The van der Waals surface area contributed by atoms with Gasteiger partial charge in [0, 0.05) is 18.2 Å². The lowest BCUT2D eigenvalue weighted by atomic mass is 10.2. The van der Waals surface area contributed by atoms with E-state index in [9.17, 15) is 8.42 Å². The van der Waals surface area contributed by atoms with Crippen molar-refractivity contribution in [2.24, 2.45) is 0 Å². The Hall–Kier alpha value is -1.69. The molecule has 0 saturated heterocycles. The molecule has 0 unspecified atom stereocenters. The van der Waals surface area contributed by atoms with Crippen LogP contribution in [0.3, 0.4) is 0 Å². The van der Waals surface area contributed by atoms with Gasteiger partial charge < -0.3 is 5.32 Å². The highest BCUT2D eigenvalue weighted by Crippen LogP contribution is 2.19. The molecule has 0 fully saturated rings. The molecule has 1 aromatic heterocycles. The maximum atomic E-state index is 11.0. The van der Waals surface area contributed by atoms with Crippen molar-refractivity contribution < 1.29 is 8.42 Å². The fourth-order valence-corrected chi connectivity index (χ4v) is 2.37. The summed E-state index contributed by atoms with van der Waals surface area (Å²) in [4.78, 5) is 0. The van der Waals surface area contributed by atoms with E-state index >= 15 is 0 Å². The molecule has 1 aromatic carbocycles. The number of hydrogen-bond acceptors (Lipinski definition) is 5. The van der Waals surface area contributed by atoms with Gasteiger partial charge in [0.15, 0.2) is 0 Å². The number of sulfone groups is 1. The molecule has 0 spiro atoms. The molecule has 0 aliphatic carbocycles. The van der Waals surface area contributed by atoms with Gasteiger partial charge in [0.2, 0.25) is 0 Å². The van der Waals surface area contributed by atoms with Crippen LogP contribution in [-0.4, -0.2) is 37.2 Å². The van der Waals surface area contributed by atoms with Gasteiger partial charge in [0.1, 0.15) is 9.84 Å². The van der Waals surface area contributed by atoms with Crippen LogP contribution in [0.25, 0.3) is 10.9 Å². The summed E-state index contributed by atoms with van der Waals surface area (Å²) in [6.07, 6.45) is 3.48.